The molecule has 120 valence electrons. The number of piperazine rings is 2. The maximum Gasteiger partial charge on any atom is 0.236 e. The van der Waals surface area contributed by atoms with Gasteiger partial charge in [-0.2, -0.15) is 0 Å². The van der Waals surface area contributed by atoms with Gasteiger partial charge in [-0.1, -0.05) is 12.1 Å². The topological polar surface area (TPSA) is 38.8 Å². The fraction of sp³-hybridized carbons (Fsp3) is 0.588. The number of hydrogen-bond donors (Lipinski definition) is 1. The van der Waals surface area contributed by atoms with Crippen molar-refractivity contribution in [2.24, 2.45) is 0 Å². The number of carbonyl (C=O) groups is 1. The molecule has 2 heterocycles. The number of amides is 1. The van der Waals surface area contributed by atoms with Crippen LogP contribution in [-0.2, 0) is 4.79 Å². The molecule has 3 rings (SSSR count). The molecule has 0 aliphatic carbocycles. The highest BCUT2D eigenvalue weighted by Crippen LogP contribution is 2.17. The third-order valence-electron chi connectivity index (χ3n) is 4.57. The first-order chi connectivity index (χ1) is 10.7. The van der Waals surface area contributed by atoms with Crippen LogP contribution in [-0.4, -0.2) is 74.6 Å². The molecule has 0 atom stereocenters. The number of hydrogen-bond acceptors (Lipinski definition) is 4. The Morgan fingerprint density at radius 3 is 2.50 bits per heavy atom. The number of nitrogens with zero attached hydrogens (tertiary/aromatic N) is 3. The highest BCUT2D eigenvalue weighted by Gasteiger charge is 2.23. The van der Waals surface area contributed by atoms with E-state index in [2.05, 4.69) is 46.3 Å². The van der Waals surface area contributed by atoms with E-state index < -0.39 is 0 Å². The maximum atomic E-state index is 12.4. The summed E-state index contributed by atoms with van der Waals surface area (Å²) in [6.45, 7) is 10.2. The van der Waals surface area contributed by atoms with Crippen molar-refractivity contribution < 1.29 is 4.79 Å². The Kier molecular flexibility index (Phi) is 4.95. The molecule has 5 nitrogen and oxygen atoms in total. The minimum absolute atomic E-state index is 0.283. The van der Waals surface area contributed by atoms with Gasteiger partial charge in [-0.15, -0.1) is 0 Å². The third kappa shape index (κ3) is 3.78. The minimum Gasteiger partial charge on any atom is -0.368 e. The predicted molar refractivity (Wildman–Crippen MR) is 89.3 cm³/mol. The molecule has 0 bridgehead atoms. The SMILES string of the molecule is Cc1cccc(N2CCN(C(=O)CN3CCNCC3)CC2)c1. The van der Waals surface area contributed by atoms with Gasteiger partial charge in [0, 0.05) is 58.0 Å². The number of aryl methyl sites for hydroxylation is 1. The summed E-state index contributed by atoms with van der Waals surface area (Å²) in [5.74, 6) is 0.283. The van der Waals surface area contributed by atoms with Gasteiger partial charge in [0.1, 0.15) is 0 Å². The zero-order valence-corrected chi connectivity index (χ0v) is 13.4. The van der Waals surface area contributed by atoms with Crippen LogP contribution in [0.1, 0.15) is 5.56 Å². The van der Waals surface area contributed by atoms with E-state index in [-0.39, 0.29) is 5.91 Å². The molecule has 1 aromatic carbocycles. The predicted octanol–water partition coefficient (Wildman–Crippen LogP) is 0.549. The van der Waals surface area contributed by atoms with Crippen LogP contribution in [0.3, 0.4) is 0 Å². The Morgan fingerprint density at radius 1 is 1.09 bits per heavy atom. The molecule has 2 aliphatic heterocycles. The summed E-state index contributed by atoms with van der Waals surface area (Å²) in [7, 11) is 0. The van der Waals surface area contributed by atoms with Gasteiger partial charge in [-0.05, 0) is 24.6 Å². The van der Waals surface area contributed by atoms with E-state index in [1.165, 1.54) is 11.3 Å². The summed E-state index contributed by atoms with van der Waals surface area (Å²) in [5.41, 5.74) is 2.56. The first kappa shape index (κ1) is 15.3. The van der Waals surface area contributed by atoms with E-state index in [0.29, 0.717) is 6.54 Å². The molecule has 0 saturated carbocycles. The van der Waals surface area contributed by atoms with Gasteiger partial charge in [0.2, 0.25) is 5.91 Å². The van der Waals surface area contributed by atoms with Crippen LogP contribution >= 0.6 is 0 Å². The van der Waals surface area contributed by atoms with E-state index in [0.717, 1.165) is 52.4 Å². The Morgan fingerprint density at radius 2 is 1.82 bits per heavy atom. The minimum atomic E-state index is 0.283. The number of benzene rings is 1. The molecule has 1 amide bonds. The lowest BCUT2D eigenvalue weighted by Crippen LogP contribution is -2.53. The molecule has 5 heteroatoms. The molecule has 2 fully saturated rings. The Balaban J connectivity index is 1.49. The monoisotopic (exact) mass is 302 g/mol. The maximum absolute atomic E-state index is 12.4. The van der Waals surface area contributed by atoms with E-state index in [9.17, 15) is 4.79 Å². The summed E-state index contributed by atoms with van der Waals surface area (Å²) in [6, 6.07) is 8.60. The Hall–Kier alpha value is -1.59. The summed E-state index contributed by atoms with van der Waals surface area (Å²) in [6.07, 6.45) is 0. The van der Waals surface area contributed by atoms with Crippen LogP contribution in [0.25, 0.3) is 0 Å². The fourth-order valence-electron chi connectivity index (χ4n) is 3.20. The van der Waals surface area contributed by atoms with E-state index in [4.69, 9.17) is 0 Å². The Bertz CT molecular complexity index is 505. The van der Waals surface area contributed by atoms with E-state index in [1.807, 2.05) is 4.90 Å². The first-order valence-electron chi connectivity index (χ1n) is 8.25. The van der Waals surface area contributed by atoms with Crippen LogP contribution in [0, 0.1) is 6.92 Å². The van der Waals surface area contributed by atoms with Crippen molar-refractivity contribution in [3.8, 4) is 0 Å². The lowest BCUT2D eigenvalue weighted by Gasteiger charge is -2.37. The lowest BCUT2D eigenvalue weighted by atomic mass is 10.2. The molecule has 1 aromatic rings. The van der Waals surface area contributed by atoms with Crippen LogP contribution in [0.2, 0.25) is 0 Å². The van der Waals surface area contributed by atoms with Gasteiger partial charge >= 0.3 is 0 Å². The first-order valence-corrected chi connectivity index (χ1v) is 8.25. The fourth-order valence-corrected chi connectivity index (χ4v) is 3.20. The second-order valence-electron chi connectivity index (χ2n) is 6.23. The Labute approximate surface area is 132 Å². The van der Waals surface area contributed by atoms with E-state index >= 15 is 0 Å². The lowest BCUT2D eigenvalue weighted by molar-refractivity contribution is -0.132. The third-order valence-corrected chi connectivity index (χ3v) is 4.57. The zero-order valence-electron chi connectivity index (χ0n) is 13.4. The smallest absolute Gasteiger partial charge is 0.236 e. The van der Waals surface area contributed by atoms with Crippen molar-refractivity contribution in [1.29, 1.82) is 0 Å². The molecule has 0 radical (unpaired) electrons. The summed E-state index contributed by atoms with van der Waals surface area (Å²) < 4.78 is 0. The van der Waals surface area contributed by atoms with E-state index in [1.54, 1.807) is 0 Å². The van der Waals surface area contributed by atoms with Gasteiger partial charge < -0.3 is 15.1 Å². The molecule has 0 unspecified atom stereocenters. The van der Waals surface area contributed by atoms with Crippen LogP contribution in [0.4, 0.5) is 5.69 Å². The van der Waals surface area contributed by atoms with Crippen molar-refractivity contribution in [2.45, 2.75) is 6.92 Å². The van der Waals surface area contributed by atoms with Gasteiger partial charge in [0.15, 0.2) is 0 Å². The molecular weight excluding hydrogens is 276 g/mol. The van der Waals surface area contributed by atoms with Crippen molar-refractivity contribution in [3.05, 3.63) is 29.8 Å². The molecule has 22 heavy (non-hydrogen) atoms. The second kappa shape index (κ2) is 7.11. The normalized spacial score (nSPS) is 20.2. The number of anilines is 1. The number of carbonyl (C=O) groups excluding carboxylic acids is 1. The van der Waals surface area contributed by atoms with Gasteiger partial charge in [0.25, 0.3) is 0 Å². The standard InChI is InChI=1S/C17H26N4O/c1-15-3-2-4-16(13-15)20-9-11-21(12-10-20)17(22)14-19-7-5-18-6-8-19/h2-4,13,18H,5-12,14H2,1H3. The van der Waals surface area contributed by atoms with Crippen LogP contribution in [0.5, 0.6) is 0 Å². The van der Waals surface area contributed by atoms with Gasteiger partial charge in [-0.3, -0.25) is 9.69 Å². The molecule has 2 saturated heterocycles. The average molecular weight is 302 g/mol. The molecule has 0 spiro atoms. The average Bonchev–Trinajstić information content (AvgIpc) is 2.56. The quantitative estimate of drug-likeness (QED) is 0.885. The molecule has 0 aromatic heterocycles. The largest absolute Gasteiger partial charge is 0.368 e. The van der Waals surface area contributed by atoms with Crippen molar-refractivity contribution in [1.82, 2.24) is 15.1 Å². The second-order valence-corrected chi connectivity index (χ2v) is 6.23. The summed E-state index contributed by atoms with van der Waals surface area (Å²) in [4.78, 5) is 19.1. The molecule has 1 N–H and O–H groups in total. The van der Waals surface area contributed by atoms with Crippen molar-refractivity contribution in [3.63, 3.8) is 0 Å². The van der Waals surface area contributed by atoms with Gasteiger partial charge in [0.05, 0.1) is 6.54 Å². The summed E-state index contributed by atoms with van der Waals surface area (Å²) in [5, 5.41) is 3.32. The number of nitrogens with one attached hydrogen (secondary N) is 1. The van der Waals surface area contributed by atoms with Crippen molar-refractivity contribution in [2.75, 3.05) is 63.8 Å². The highest BCUT2D eigenvalue weighted by molar-refractivity contribution is 5.78. The summed E-state index contributed by atoms with van der Waals surface area (Å²) >= 11 is 0. The van der Waals surface area contributed by atoms with Crippen LogP contribution in [0.15, 0.2) is 24.3 Å². The zero-order chi connectivity index (χ0) is 15.4. The van der Waals surface area contributed by atoms with Crippen molar-refractivity contribution >= 4 is 11.6 Å². The van der Waals surface area contributed by atoms with Gasteiger partial charge in [-0.25, -0.2) is 0 Å². The number of rotatable bonds is 3. The molecular formula is C17H26N4O. The van der Waals surface area contributed by atoms with Crippen LogP contribution < -0.4 is 10.2 Å². The highest BCUT2D eigenvalue weighted by atomic mass is 16.2. The molecule has 2 aliphatic rings.